The Kier molecular flexibility index (Phi) is 10.3. The number of hydrogen-bond acceptors (Lipinski definition) is 7. The van der Waals surface area contributed by atoms with Gasteiger partial charge in [0.15, 0.2) is 5.58 Å². The second-order valence-electron chi connectivity index (χ2n) is 8.86. The molecule has 0 radical (unpaired) electrons. The molecule has 37 heavy (non-hydrogen) atoms. The van der Waals surface area contributed by atoms with Gasteiger partial charge >= 0.3 is 29.6 Å². The summed E-state index contributed by atoms with van der Waals surface area (Å²) in [6.45, 7) is 4.60. The molecule has 4 aromatic rings. The minimum atomic E-state index is -1.43. The zero-order valence-electron chi connectivity index (χ0n) is 21.3. The van der Waals surface area contributed by atoms with Crippen LogP contribution in [0.2, 0.25) is 5.02 Å². The number of carbonyl (C=O) groups is 1. The summed E-state index contributed by atoms with van der Waals surface area (Å²) in [5, 5.41) is 12.1. The average Bonchev–Trinajstić information content (AvgIpc) is 3.29. The first-order chi connectivity index (χ1) is 17.3. The standard InChI is InChI=1S/C28H29ClN2O5.Na/c1-28(2,26(32)33)36-24-11-5-3-8-20(24)9-7-17-31(18-19-34-22-15-13-21(29)14-16-22)27-30-23-10-4-6-12-25(23)35-27;/h3-6,8,10-16H,7,9,17-19H2,1-2H3,(H,32,33);/q;+1/p-1. The number of fused-ring (bicyclic) bond motifs is 1. The van der Waals surface area contributed by atoms with E-state index < -0.39 is 11.6 Å². The van der Waals surface area contributed by atoms with E-state index in [1.807, 2.05) is 59.5 Å². The molecule has 0 N–H and O–H groups in total. The van der Waals surface area contributed by atoms with Crippen molar-refractivity contribution in [3.05, 3.63) is 83.4 Å². The predicted octanol–water partition coefficient (Wildman–Crippen LogP) is 1.91. The molecule has 9 heteroatoms. The van der Waals surface area contributed by atoms with Gasteiger partial charge in [0.25, 0.3) is 6.01 Å². The van der Waals surface area contributed by atoms with Crippen LogP contribution >= 0.6 is 11.6 Å². The van der Waals surface area contributed by atoms with Crippen molar-refractivity contribution >= 4 is 34.7 Å². The van der Waals surface area contributed by atoms with Crippen molar-refractivity contribution < 1.29 is 53.3 Å². The van der Waals surface area contributed by atoms with E-state index in [-0.39, 0.29) is 29.6 Å². The maximum absolute atomic E-state index is 11.4. The Morgan fingerprint density at radius 2 is 1.73 bits per heavy atom. The molecule has 0 aliphatic heterocycles. The summed E-state index contributed by atoms with van der Waals surface area (Å²) in [4.78, 5) is 18.1. The van der Waals surface area contributed by atoms with Gasteiger partial charge in [-0.25, -0.2) is 0 Å². The average molecular weight is 531 g/mol. The molecule has 0 aliphatic rings. The van der Waals surface area contributed by atoms with Crippen molar-refractivity contribution in [1.29, 1.82) is 0 Å². The first-order valence-electron chi connectivity index (χ1n) is 11.8. The molecule has 4 rings (SSSR count). The summed E-state index contributed by atoms with van der Waals surface area (Å²) in [6, 6.07) is 22.9. The molecule has 0 saturated carbocycles. The number of aryl methyl sites for hydroxylation is 1. The number of ether oxygens (including phenoxy) is 2. The van der Waals surface area contributed by atoms with Crippen LogP contribution in [-0.2, 0) is 11.2 Å². The summed E-state index contributed by atoms with van der Waals surface area (Å²) in [5.74, 6) is 0.00448. The van der Waals surface area contributed by atoms with Gasteiger partial charge in [0.1, 0.15) is 29.2 Å². The number of para-hydroxylation sites is 3. The molecular formula is C28H28ClN2NaO5. The monoisotopic (exact) mass is 530 g/mol. The second-order valence-corrected chi connectivity index (χ2v) is 9.30. The Morgan fingerprint density at radius 1 is 1.03 bits per heavy atom. The van der Waals surface area contributed by atoms with Gasteiger partial charge in [-0.1, -0.05) is 41.9 Å². The third kappa shape index (κ3) is 7.89. The smallest absolute Gasteiger partial charge is 0.546 e. The van der Waals surface area contributed by atoms with Crippen molar-refractivity contribution in [2.24, 2.45) is 0 Å². The van der Waals surface area contributed by atoms with E-state index in [9.17, 15) is 9.90 Å². The predicted molar refractivity (Wildman–Crippen MR) is 138 cm³/mol. The summed E-state index contributed by atoms with van der Waals surface area (Å²) in [6.07, 6.45) is 1.43. The van der Waals surface area contributed by atoms with Crippen LogP contribution in [0.1, 0.15) is 25.8 Å². The molecule has 1 aromatic heterocycles. The van der Waals surface area contributed by atoms with Gasteiger partial charge in [-0.3, -0.25) is 0 Å². The normalized spacial score (nSPS) is 11.1. The molecule has 3 aromatic carbocycles. The zero-order valence-corrected chi connectivity index (χ0v) is 24.0. The van der Waals surface area contributed by atoms with E-state index in [4.69, 9.17) is 25.5 Å². The van der Waals surface area contributed by atoms with Crippen molar-refractivity contribution in [1.82, 2.24) is 4.98 Å². The molecule has 0 fully saturated rings. The maximum Gasteiger partial charge on any atom is 1.00 e. The molecule has 0 amide bonds. The van der Waals surface area contributed by atoms with Gasteiger partial charge in [-0.05, 0) is 74.7 Å². The van der Waals surface area contributed by atoms with Crippen molar-refractivity contribution in [3.63, 3.8) is 0 Å². The third-order valence-corrected chi connectivity index (χ3v) is 5.95. The number of aromatic nitrogens is 1. The number of oxazole rings is 1. The van der Waals surface area contributed by atoms with Crippen LogP contribution in [0.5, 0.6) is 11.5 Å². The Balaban J connectivity index is 0.00000380. The van der Waals surface area contributed by atoms with E-state index in [0.29, 0.717) is 42.9 Å². The summed E-state index contributed by atoms with van der Waals surface area (Å²) >= 11 is 5.96. The van der Waals surface area contributed by atoms with Crippen LogP contribution in [0, 0.1) is 0 Å². The minimum Gasteiger partial charge on any atom is -0.546 e. The molecule has 0 aliphatic carbocycles. The molecule has 0 atom stereocenters. The van der Waals surface area contributed by atoms with Gasteiger partial charge < -0.3 is 28.7 Å². The fraction of sp³-hybridized carbons (Fsp3) is 0.286. The number of nitrogens with zero attached hydrogens (tertiary/aromatic N) is 2. The van der Waals surface area contributed by atoms with Crippen LogP contribution in [-0.4, -0.2) is 36.3 Å². The summed E-state index contributed by atoms with van der Waals surface area (Å²) < 4.78 is 17.7. The number of carboxylic acids is 1. The molecule has 0 spiro atoms. The first kappa shape index (κ1) is 28.9. The number of benzene rings is 3. The Hall–Kier alpha value is -2.71. The van der Waals surface area contributed by atoms with E-state index in [0.717, 1.165) is 28.8 Å². The number of aliphatic carboxylic acids is 1. The number of anilines is 1. The van der Waals surface area contributed by atoms with Crippen LogP contribution < -0.4 is 49.0 Å². The van der Waals surface area contributed by atoms with Gasteiger partial charge in [-0.15, -0.1) is 0 Å². The molecule has 188 valence electrons. The zero-order chi connectivity index (χ0) is 25.5. The van der Waals surface area contributed by atoms with E-state index in [2.05, 4.69) is 4.98 Å². The van der Waals surface area contributed by atoms with E-state index in [1.54, 1.807) is 18.2 Å². The van der Waals surface area contributed by atoms with Gasteiger partial charge in [-0.2, -0.15) is 4.98 Å². The molecule has 0 saturated heterocycles. The fourth-order valence-electron chi connectivity index (χ4n) is 3.69. The number of rotatable bonds is 12. The quantitative estimate of drug-likeness (QED) is 0.259. The number of halogens is 1. The minimum absolute atomic E-state index is 0. The fourth-order valence-corrected chi connectivity index (χ4v) is 3.82. The van der Waals surface area contributed by atoms with Gasteiger partial charge in [0.2, 0.25) is 0 Å². The van der Waals surface area contributed by atoms with Crippen molar-refractivity contribution in [2.75, 3.05) is 24.6 Å². The van der Waals surface area contributed by atoms with Gasteiger partial charge in [0.05, 0.1) is 12.5 Å². The van der Waals surface area contributed by atoms with Crippen molar-refractivity contribution in [2.45, 2.75) is 32.3 Å². The Labute approximate surface area is 243 Å². The molecule has 0 bridgehead atoms. The first-order valence-corrected chi connectivity index (χ1v) is 12.2. The van der Waals surface area contributed by atoms with Crippen LogP contribution in [0.4, 0.5) is 6.01 Å². The van der Waals surface area contributed by atoms with Crippen LogP contribution in [0.15, 0.2) is 77.2 Å². The molecular weight excluding hydrogens is 503 g/mol. The number of carbonyl (C=O) groups excluding carboxylic acids is 1. The van der Waals surface area contributed by atoms with Crippen molar-refractivity contribution in [3.8, 4) is 11.5 Å². The second kappa shape index (κ2) is 13.2. The van der Waals surface area contributed by atoms with Gasteiger partial charge in [0, 0.05) is 11.6 Å². The molecule has 1 heterocycles. The summed E-state index contributed by atoms with van der Waals surface area (Å²) in [7, 11) is 0. The molecule has 0 unspecified atom stereocenters. The van der Waals surface area contributed by atoms with E-state index >= 15 is 0 Å². The van der Waals surface area contributed by atoms with E-state index in [1.165, 1.54) is 13.8 Å². The maximum atomic E-state index is 11.4. The largest absolute Gasteiger partial charge is 1.00 e. The SMILES string of the molecule is CC(C)(Oc1ccccc1CCCN(CCOc1ccc(Cl)cc1)c1nc2ccccc2o1)C(=O)[O-].[Na+]. The number of hydrogen-bond donors (Lipinski definition) is 0. The Morgan fingerprint density at radius 3 is 2.46 bits per heavy atom. The Bertz CT molecular complexity index is 1280. The third-order valence-electron chi connectivity index (χ3n) is 5.70. The topological polar surface area (TPSA) is 87.9 Å². The summed E-state index contributed by atoms with van der Waals surface area (Å²) in [5.41, 5.74) is 1.000. The molecule has 7 nitrogen and oxygen atoms in total. The van der Waals surface area contributed by atoms with Crippen LogP contribution in [0.25, 0.3) is 11.1 Å². The number of carboxylic acid groups (broad SMARTS) is 1. The van der Waals surface area contributed by atoms with Crippen LogP contribution in [0.3, 0.4) is 0 Å².